The Kier molecular flexibility index (Phi) is 2.22. The molecular weight excluding hydrogens is 184 g/mol. The maximum atomic E-state index is 11.0. The molecule has 0 aromatic heterocycles. The van der Waals surface area contributed by atoms with Crippen LogP contribution in [-0.2, 0) is 9.84 Å². The molecule has 74 valence electrons. The molecular formula is C10H16O2S. The van der Waals surface area contributed by atoms with Crippen LogP contribution in [0.25, 0.3) is 0 Å². The van der Waals surface area contributed by atoms with Gasteiger partial charge in [0.1, 0.15) is 9.84 Å². The Morgan fingerprint density at radius 1 is 1.31 bits per heavy atom. The molecule has 0 aromatic rings. The molecule has 0 heterocycles. The minimum absolute atomic E-state index is 0.370. The average Bonchev–Trinajstić information content (AvgIpc) is 2.58. The summed E-state index contributed by atoms with van der Waals surface area (Å²) >= 11 is 0. The molecule has 2 bridgehead atoms. The molecule has 13 heavy (non-hydrogen) atoms. The molecule has 0 spiro atoms. The van der Waals surface area contributed by atoms with Gasteiger partial charge in [-0.05, 0) is 37.0 Å². The maximum absolute atomic E-state index is 11.0. The molecule has 2 aliphatic carbocycles. The van der Waals surface area contributed by atoms with Crippen molar-refractivity contribution in [3.63, 3.8) is 0 Å². The standard InChI is InChI=1S/C10H16O2S/c1-13(11,12)5-4-10-7-8-2-3-9(10)6-8/h2-3,8-10H,4-7H2,1H3. The summed E-state index contributed by atoms with van der Waals surface area (Å²) in [6.45, 7) is 0. The predicted octanol–water partition coefficient (Wildman–Crippen LogP) is 1.63. The first-order valence-corrected chi connectivity index (χ1v) is 6.97. The molecule has 0 saturated heterocycles. The van der Waals surface area contributed by atoms with Gasteiger partial charge in [0.15, 0.2) is 0 Å². The van der Waals surface area contributed by atoms with Crippen LogP contribution in [0.1, 0.15) is 19.3 Å². The second kappa shape index (κ2) is 3.12. The van der Waals surface area contributed by atoms with Crippen LogP contribution in [0.3, 0.4) is 0 Å². The molecule has 2 nitrogen and oxygen atoms in total. The zero-order valence-corrected chi connectivity index (χ0v) is 8.76. The molecule has 2 aliphatic rings. The highest BCUT2D eigenvalue weighted by Gasteiger charge is 2.35. The lowest BCUT2D eigenvalue weighted by atomic mass is 9.91. The van der Waals surface area contributed by atoms with Crippen molar-refractivity contribution in [2.24, 2.45) is 17.8 Å². The highest BCUT2D eigenvalue weighted by Crippen LogP contribution is 2.44. The van der Waals surface area contributed by atoms with Crippen molar-refractivity contribution in [2.75, 3.05) is 12.0 Å². The number of rotatable bonds is 3. The molecule has 3 unspecified atom stereocenters. The van der Waals surface area contributed by atoms with Crippen LogP contribution in [0.5, 0.6) is 0 Å². The van der Waals surface area contributed by atoms with Crippen molar-refractivity contribution in [3.8, 4) is 0 Å². The maximum Gasteiger partial charge on any atom is 0.147 e. The third-order valence-electron chi connectivity index (χ3n) is 3.28. The zero-order valence-electron chi connectivity index (χ0n) is 7.94. The molecule has 2 rings (SSSR count). The number of sulfone groups is 1. The Morgan fingerprint density at radius 2 is 2.08 bits per heavy atom. The van der Waals surface area contributed by atoms with Crippen LogP contribution in [0.4, 0.5) is 0 Å². The van der Waals surface area contributed by atoms with E-state index in [0.29, 0.717) is 17.6 Å². The first kappa shape index (κ1) is 9.25. The molecule has 0 N–H and O–H groups in total. The van der Waals surface area contributed by atoms with Gasteiger partial charge in [-0.15, -0.1) is 0 Å². The number of hydrogen-bond acceptors (Lipinski definition) is 2. The smallest absolute Gasteiger partial charge is 0.147 e. The van der Waals surface area contributed by atoms with Crippen molar-refractivity contribution < 1.29 is 8.42 Å². The highest BCUT2D eigenvalue weighted by molar-refractivity contribution is 7.90. The lowest BCUT2D eigenvalue weighted by molar-refractivity contribution is 0.433. The van der Waals surface area contributed by atoms with E-state index in [4.69, 9.17) is 0 Å². The van der Waals surface area contributed by atoms with E-state index in [2.05, 4.69) is 12.2 Å². The second-order valence-electron chi connectivity index (χ2n) is 4.46. The van der Waals surface area contributed by atoms with Crippen LogP contribution < -0.4 is 0 Å². The van der Waals surface area contributed by atoms with E-state index in [1.807, 2.05) is 0 Å². The molecule has 0 radical (unpaired) electrons. The minimum Gasteiger partial charge on any atom is -0.229 e. The number of allylic oxidation sites excluding steroid dienone is 2. The fourth-order valence-electron chi connectivity index (χ4n) is 2.59. The number of hydrogen-bond donors (Lipinski definition) is 0. The van der Waals surface area contributed by atoms with Gasteiger partial charge >= 0.3 is 0 Å². The zero-order chi connectivity index (χ0) is 9.47. The lowest BCUT2D eigenvalue weighted by Crippen LogP contribution is -2.13. The summed E-state index contributed by atoms with van der Waals surface area (Å²) in [6.07, 6.45) is 9.26. The van der Waals surface area contributed by atoms with Crippen LogP contribution in [-0.4, -0.2) is 20.4 Å². The molecule has 0 amide bonds. The Bertz CT molecular complexity index is 316. The second-order valence-corrected chi connectivity index (χ2v) is 6.72. The van der Waals surface area contributed by atoms with E-state index in [1.54, 1.807) is 0 Å². The molecule has 3 heteroatoms. The first-order chi connectivity index (χ1) is 6.04. The van der Waals surface area contributed by atoms with Gasteiger partial charge in [-0.2, -0.15) is 0 Å². The minimum atomic E-state index is -2.75. The highest BCUT2D eigenvalue weighted by atomic mass is 32.2. The van der Waals surface area contributed by atoms with Crippen molar-refractivity contribution in [1.82, 2.24) is 0 Å². The fourth-order valence-corrected chi connectivity index (χ4v) is 3.32. The fraction of sp³-hybridized carbons (Fsp3) is 0.800. The Balaban J connectivity index is 1.88. The van der Waals surface area contributed by atoms with E-state index in [1.165, 1.54) is 19.1 Å². The largest absolute Gasteiger partial charge is 0.229 e. The summed E-state index contributed by atoms with van der Waals surface area (Å²) in [5.41, 5.74) is 0. The summed E-state index contributed by atoms with van der Waals surface area (Å²) in [5, 5.41) is 0. The van der Waals surface area contributed by atoms with Crippen molar-refractivity contribution in [3.05, 3.63) is 12.2 Å². The monoisotopic (exact) mass is 200 g/mol. The van der Waals surface area contributed by atoms with Gasteiger partial charge in [0, 0.05) is 6.26 Å². The van der Waals surface area contributed by atoms with Gasteiger partial charge in [-0.3, -0.25) is 0 Å². The molecule has 1 saturated carbocycles. The van der Waals surface area contributed by atoms with Gasteiger partial charge in [0.2, 0.25) is 0 Å². The average molecular weight is 200 g/mol. The van der Waals surface area contributed by atoms with Crippen LogP contribution >= 0.6 is 0 Å². The molecule has 0 aliphatic heterocycles. The Morgan fingerprint density at radius 3 is 2.54 bits per heavy atom. The van der Waals surface area contributed by atoms with Gasteiger partial charge < -0.3 is 0 Å². The Labute approximate surface area is 79.9 Å². The lowest BCUT2D eigenvalue weighted by Gasteiger charge is -2.16. The van der Waals surface area contributed by atoms with Gasteiger partial charge in [0.25, 0.3) is 0 Å². The number of fused-ring (bicyclic) bond motifs is 2. The summed E-state index contributed by atoms with van der Waals surface area (Å²) < 4.78 is 22.0. The van der Waals surface area contributed by atoms with E-state index < -0.39 is 9.84 Å². The third kappa shape index (κ3) is 2.13. The van der Waals surface area contributed by atoms with E-state index in [0.717, 1.165) is 12.3 Å². The predicted molar refractivity (Wildman–Crippen MR) is 53.2 cm³/mol. The normalized spacial score (nSPS) is 37.2. The van der Waals surface area contributed by atoms with Crippen LogP contribution in [0, 0.1) is 17.8 Å². The van der Waals surface area contributed by atoms with E-state index in [9.17, 15) is 8.42 Å². The molecule has 1 fully saturated rings. The molecule has 3 atom stereocenters. The van der Waals surface area contributed by atoms with Gasteiger partial charge in [0.05, 0.1) is 5.75 Å². The van der Waals surface area contributed by atoms with Crippen LogP contribution in [0.2, 0.25) is 0 Å². The van der Waals surface area contributed by atoms with E-state index in [-0.39, 0.29) is 0 Å². The molecule has 0 aromatic carbocycles. The van der Waals surface area contributed by atoms with Crippen molar-refractivity contribution >= 4 is 9.84 Å². The van der Waals surface area contributed by atoms with E-state index >= 15 is 0 Å². The topological polar surface area (TPSA) is 34.1 Å². The van der Waals surface area contributed by atoms with Crippen LogP contribution in [0.15, 0.2) is 12.2 Å². The van der Waals surface area contributed by atoms with Gasteiger partial charge in [-0.25, -0.2) is 8.42 Å². The SMILES string of the molecule is CS(=O)(=O)CCC1CC2C=CC1C2. The summed E-state index contributed by atoms with van der Waals surface area (Å²) in [7, 11) is -2.75. The first-order valence-electron chi connectivity index (χ1n) is 4.90. The van der Waals surface area contributed by atoms with Gasteiger partial charge in [-0.1, -0.05) is 12.2 Å². The summed E-state index contributed by atoms with van der Waals surface area (Å²) in [6, 6.07) is 0. The third-order valence-corrected chi connectivity index (χ3v) is 4.25. The summed E-state index contributed by atoms with van der Waals surface area (Å²) in [5.74, 6) is 2.46. The van der Waals surface area contributed by atoms with Crippen molar-refractivity contribution in [2.45, 2.75) is 19.3 Å². The quantitative estimate of drug-likeness (QED) is 0.649. The Hall–Kier alpha value is -0.310. The van der Waals surface area contributed by atoms with Crippen molar-refractivity contribution in [1.29, 1.82) is 0 Å². The summed E-state index contributed by atoms with van der Waals surface area (Å²) in [4.78, 5) is 0.